The molecule has 2 aromatic rings. The fourth-order valence-electron chi connectivity index (χ4n) is 2.85. The van der Waals surface area contributed by atoms with E-state index in [0.717, 1.165) is 4.31 Å². The molecule has 0 N–H and O–H groups in total. The molecule has 1 aliphatic heterocycles. The van der Waals surface area contributed by atoms with Crippen LogP contribution in [0.15, 0.2) is 52.3 Å². The van der Waals surface area contributed by atoms with Crippen LogP contribution in [0.1, 0.15) is 5.56 Å². The SMILES string of the molecule is N#Cc1ccc(Cl)cc1S(=O)(=O)N1CCN(S(=O)(=O)c2ccc(Cl)cc2)CC1. The van der Waals surface area contributed by atoms with E-state index in [1.807, 2.05) is 6.07 Å². The molecule has 11 heteroatoms. The Bertz CT molecular complexity index is 1140. The normalized spacial score (nSPS) is 16.6. The average Bonchev–Trinajstić information content (AvgIpc) is 2.68. The summed E-state index contributed by atoms with van der Waals surface area (Å²) in [5, 5.41) is 9.81. The molecule has 0 amide bonds. The van der Waals surface area contributed by atoms with Crippen LogP contribution in [0.5, 0.6) is 0 Å². The van der Waals surface area contributed by atoms with E-state index in [4.69, 9.17) is 23.2 Å². The number of halogens is 2. The Morgan fingerprint density at radius 1 is 0.786 bits per heavy atom. The summed E-state index contributed by atoms with van der Waals surface area (Å²) in [5.41, 5.74) is -0.0133. The molecule has 0 spiro atoms. The van der Waals surface area contributed by atoms with E-state index in [2.05, 4.69) is 0 Å². The van der Waals surface area contributed by atoms with E-state index < -0.39 is 20.0 Å². The van der Waals surface area contributed by atoms with Gasteiger partial charge in [0.1, 0.15) is 11.0 Å². The van der Waals surface area contributed by atoms with Gasteiger partial charge in [0, 0.05) is 36.2 Å². The van der Waals surface area contributed by atoms with Crippen molar-refractivity contribution in [3.63, 3.8) is 0 Å². The Hall–Kier alpha value is -1.67. The minimum atomic E-state index is -3.98. The van der Waals surface area contributed by atoms with Gasteiger partial charge in [0.15, 0.2) is 0 Å². The lowest BCUT2D eigenvalue weighted by molar-refractivity contribution is 0.273. The second-order valence-electron chi connectivity index (χ2n) is 6.01. The highest BCUT2D eigenvalue weighted by Gasteiger charge is 2.34. The average molecular weight is 460 g/mol. The molecule has 0 atom stereocenters. The number of sulfonamides is 2. The predicted octanol–water partition coefficient (Wildman–Crippen LogP) is 2.56. The minimum Gasteiger partial charge on any atom is -0.207 e. The molecule has 0 radical (unpaired) electrons. The zero-order valence-corrected chi connectivity index (χ0v) is 17.6. The summed E-state index contributed by atoms with van der Waals surface area (Å²) in [7, 11) is -7.73. The third-order valence-corrected chi connectivity index (χ3v) is 8.67. The van der Waals surface area contributed by atoms with E-state index in [9.17, 15) is 22.1 Å². The van der Waals surface area contributed by atoms with Gasteiger partial charge in [-0.1, -0.05) is 23.2 Å². The molecule has 148 valence electrons. The number of nitriles is 1. The van der Waals surface area contributed by atoms with Gasteiger partial charge < -0.3 is 0 Å². The van der Waals surface area contributed by atoms with E-state index >= 15 is 0 Å². The monoisotopic (exact) mass is 459 g/mol. The predicted molar refractivity (Wildman–Crippen MR) is 105 cm³/mol. The molecule has 3 rings (SSSR count). The molecule has 7 nitrogen and oxygen atoms in total. The highest BCUT2D eigenvalue weighted by Crippen LogP contribution is 2.26. The number of rotatable bonds is 4. The summed E-state index contributed by atoms with van der Waals surface area (Å²) < 4.78 is 53.7. The zero-order valence-electron chi connectivity index (χ0n) is 14.4. The molecule has 0 unspecified atom stereocenters. The standard InChI is InChI=1S/C17H15Cl2N3O4S2/c18-14-3-5-16(6-4-14)27(23,24)21-7-9-22(10-8-21)28(25,26)17-11-15(19)2-1-13(17)12-20/h1-6,11H,7-10H2. The van der Waals surface area contributed by atoms with Gasteiger partial charge in [-0.25, -0.2) is 16.8 Å². The van der Waals surface area contributed by atoms with E-state index in [1.165, 1.54) is 46.8 Å². The molecule has 1 fully saturated rings. The molecule has 0 bridgehead atoms. The van der Waals surface area contributed by atoms with Gasteiger partial charge in [0.2, 0.25) is 20.0 Å². The van der Waals surface area contributed by atoms with Crippen molar-refractivity contribution in [3.05, 3.63) is 58.1 Å². The van der Waals surface area contributed by atoms with Crippen LogP contribution in [0.4, 0.5) is 0 Å². The molecule has 0 aromatic heterocycles. The van der Waals surface area contributed by atoms with Crippen LogP contribution in [0.2, 0.25) is 10.0 Å². The molecule has 1 saturated heterocycles. The maximum absolute atomic E-state index is 12.9. The summed E-state index contributed by atoms with van der Waals surface area (Å²) in [4.78, 5) is -0.0914. The van der Waals surface area contributed by atoms with Crippen molar-refractivity contribution in [3.8, 4) is 6.07 Å². The number of piperazine rings is 1. The van der Waals surface area contributed by atoms with Crippen molar-refractivity contribution in [2.75, 3.05) is 26.2 Å². The Balaban J connectivity index is 1.81. The van der Waals surface area contributed by atoms with Crippen molar-refractivity contribution < 1.29 is 16.8 Å². The summed E-state index contributed by atoms with van der Waals surface area (Å²) in [6.45, 7) is -0.0850. The van der Waals surface area contributed by atoms with Gasteiger partial charge in [0.25, 0.3) is 0 Å². The number of nitrogens with zero attached hydrogens (tertiary/aromatic N) is 3. The zero-order chi connectivity index (χ0) is 20.5. The highest BCUT2D eigenvalue weighted by molar-refractivity contribution is 7.89. The Kier molecular flexibility index (Phi) is 6.00. The molecule has 2 aromatic carbocycles. The Morgan fingerprint density at radius 2 is 1.29 bits per heavy atom. The lowest BCUT2D eigenvalue weighted by atomic mass is 10.2. The van der Waals surface area contributed by atoms with Gasteiger partial charge in [-0.05, 0) is 42.5 Å². The van der Waals surface area contributed by atoms with Crippen LogP contribution in [0, 0.1) is 11.3 Å². The third-order valence-electron chi connectivity index (χ3n) is 4.33. The lowest BCUT2D eigenvalue weighted by Gasteiger charge is -2.33. The Labute approximate surface area is 173 Å². The van der Waals surface area contributed by atoms with Gasteiger partial charge in [-0.15, -0.1) is 0 Å². The molecule has 0 saturated carbocycles. The molecule has 1 heterocycles. The lowest BCUT2D eigenvalue weighted by Crippen LogP contribution is -2.50. The summed E-state index contributed by atoms with van der Waals surface area (Å²) >= 11 is 11.7. The number of hydrogen-bond donors (Lipinski definition) is 0. The van der Waals surface area contributed by atoms with E-state index in [0.29, 0.717) is 5.02 Å². The third kappa shape index (κ3) is 4.03. The van der Waals surface area contributed by atoms with Crippen molar-refractivity contribution in [2.24, 2.45) is 0 Å². The van der Waals surface area contributed by atoms with Crippen molar-refractivity contribution in [1.82, 2.24) is 8.61 Å². The maximum Gasteiger partial charge on any atom is 0.244 e. The van der Waals surface area contributed by atoms with Crippen LogP contribution < -0.4 is 0 Å². The van der Waals surface area contributed by atoms with Crippen LogP contribution in [-0.4, -0.2) is 51.6 Å². The molecule has 1 aliphatic rings. The van der Waals surface area contributed by atoms with E-state index in [1.54, 1.807) is 0 Å². The van der Waals surface area contributed by atoms with E-state index in [-0.39, 0.29) is 46.6 Å². The van der Waals surface area contributed by atoms with Gasteiger partial charge >= 0.3 is 0 Å². The van der Waals surface area contributed by atoms with Gasteiger partial charge in [0.05, 0.1) is 10.5 Å². The number of benzene rings is 2. The van der Waals surface area contributed by atoms with Crippen LogP contribution in [0.3, 0.4) is 0 Å². The first-order chi connectivity index (χ1) is 13.2. The Morgan fingerprint density at radius 3 is 1.82 bits per heavy atom. The first-order valence-electron chi connectivity index (χ1n) is 8.12. The first kappa shape index (κ1) is 21.0. The summed E-state index contributed by atoms with van der Waals surface area (Å²) in [6.07, 6.45) is 0. The topological polar surface area (TPSA) is 98.5 Å². The largest absolute Gasteiger partial charge is 0.244 e. The number of hydrogen-bond acceptors (Lipinski definition) is 5. The van der Waals surface area contributed by atoms with Crippen molar-refractivity contribution >= 4 is 43.2 Å². The van der Waals surface area contributed by atoms with Gasteiger partial charge in [-0.2, -0.15) is 13.9 Å². The fourth-order valence-corrected chi connectivity index (χ4v) is 6.22. The van der Waals surface area contributed by atoms with Crippen molar-refractivity contribution in [1.29, 1.82) is 5.26 Å². The molecular weight excluding hydrogens is 445 g/mol. The van der Waals surface area contributed by atoms with Crippen LogP contribution in [0.25, 0.3) is 0 Å². The summed E-state index contributed by atoms with van der Waals surface area (Å²) in [6, 6.07) is 11.6. The molecular formula is C17H15Cl2N3O4S2. The minimum absolute atomic E-state index is 0.00730. The highest BCUT2D eigenvalue weighted by atomic mass is 35.5. The maximum atomic E-state index is 12.9. The first-order valence-corrected chi connectivity index (χ1v) is 11.8. The van der Waals surface area contributed by atoms with Crippen LogP contribution >= 0.6 is 23.2 Å². The van der Waals surface area contributed by atoms with Crippen LogP contribution in [-0.2, 0) is 20.0 Å². The fraction of sp³-hybridized carbons (Fsp3) is 0.235. The smallest absolute Gasteiger partial charge is 0.207 e. The van der Waals surface area contributed by atoms with Gasteiger partial charge in [-0.3, -0.25) is 0 Å². The second-order valence-corrected chi connectivity index (χ2v) is 10.7. The van der Waals surface area contributed by atoms with Crippen molar-refractivity contribution in [2.45, 2.75) is 9.79 Å². The summed E-state index contributed by atoms with van der Waals surface area (Å²) in [5.74, 6) is 0. The second kappa shape index (κ2) is 7.99. The quantitative estimate of drug-likeness (QED) is 0.699. The molecule has 0 aliphatic carbocycles. The molecule has 28 heavy (non-hydrogen) atoms.